The van der Waals surface area contributed by atoms with E-state index in [1.807, 2.05) is 13.0 Å². The maximum atomic E-state index is 10.0. The molecule has 10 heteroatoms. The van der Waals surface area contributed by atoms with Gasteiger partial charge in [0.1, 0.15) is 12.4 Å². The highest BCUT2D eigenvalue weighted by Gasteiger charge is 2.36. The number of rotatable bonds is 10. The largest absolute Gasteiger partial charge is 0.492 e. The molecule has 0 aliphatic heterocycles. The molecule has 0 atom stereocenters. The van der Waals surface area contributed by atoms with Crippen LogP contribution in [0, 0.1) is 12.3 Å². The van der Waals surface area contributed by atoms with Crippen LogP contribution in [0.1, 0.15) is 58.2 Å². The highest BCUT2D eigenvalue weighted by Crippen LogP contribution is 2.43. The molecule has 8 nitrogen and oxygen atoms in total. The summed E-state index contributed by atoms with van der Waals surface area (Å²) in [5.41, 5.74) is 1.42. The van der Waals surface area contributed by atoms with Crippen molar-refractivity contribution >= 4 is 17.2 Å². The first-order valence-electron chi connectivity index (χ1n) is 9.63. The molecule has 5 N–H and O–H groups in total. The standard InChI is InChI=1S/C20H36O8P2/c1-14-8-9-15(18(2,3)4)17(16(14)19(5,6)7)26-11-20(10-21,12-27-29(22)23)13-28-30(24)25/h8-9,21-25H,10-13H2,1-7H3. The van der Waals surface area contributed by atoms with Crippen molar-refractivity contribution in [2.45, 2.75) is 59.3 Å². The quantitative estimate of drug-likeness (QED) is 0.332. The molecule has 0 aromatic heterocycles. The average Bonchev–Trinajstić information content (AvgIpc) is 2.59. The van der Waals surface area contributed by atoms with E-state index in [2.05, 4.69) is 47.6 Å². The van der Waals surface area contributed by atoms with Crippen molar-refractivity contribution in [3.05, 3.63) is 28.8 Å². The van der Waals surface area contributed by atoms with Gasteiger partial charge in [0.2, 0.25) is 0 Å². The first-order valence-corrected chi connectivity index (χ1v) is 12.0. The molecule has 1 rings (SSSR count). The van der Waals surface area contributed by atoms with Gasteiger partial charge in [-0.25, -0.2) is 0 Å². The highest BCUT2D eigenvalue weighted by molar-refractivity contribution is 7.39. The maximum absolute atomic E-state index is 10.0. The van der Waals surface area contributed by atoms with Gasteiger partial charge in [-0.15, -0.1) is 0 Å². The zero-order valence-corrected chi connectivity index (χ0v) is 20.6. The van der Waals surface area contributed by atoms with Gasteiger partial charge < -0.3 is 38.5 Å². The van der Waals surface area contributed by atoms with E-state index in [9.17, 15) is 5.11 Å². The molecule has 0 saturated carbocycles. The summed E-state index contributed by atoms with van der Waals surface area (Å²) in [6, 6.07) is 4.09. The molecule has 0 radical (unpaired) electrons. The predicted molar refractivity (Wildman–Crippen MR) is 118 cm³/mol. The zero-order valence-electron chi connectivity index (χ0n) is 18.8. The second-order valence-corrected chi connectivity index (χ2v) is 11.2. The van der Waals surface area contributed by atoms with Gasteiger partial charge in [0.25, 0.3) is 0 Å². The summed E-state index contributed by atoms with van der Waals surface area (Å²) in [4.78, 5) is 36.6. The van der Waals surface area contributed by atoms with E-state index in [-0.39, 0.29) is 30.7 Å². The van der Waals surface area contributed by atoms with Crippen LogP contribution in [0.25, 0.3) is 0 Å². The van der Waals surface area contributed by atoms with Gasteiger partial charge in [0, 0.05) is 5.56 Å². The average molecular weight is 466 g/mol. The third-order valence-electron chi connectivity index (χ3n) is 4.75. The highest BCUT2D eigenvalue weighted by atomic mass is 31.2. The van der Waals surface area contributed by atoms with Crippen molar-refractivity contribution in [1.82, 2.24) is 0 Å². The SMILES string of the molecule is Cc1ccc(C(C)(C)C)c(OCC(CO)(COP(O)O)COP(O)O)c1C(C)(C)C. The summed E-state index contributed by atoms with van der Waals surface area (Å²) in [6.45, 7) is 13.4. The number of ether oxygens (including phenoxy) is 1. The summed E-state index contributed by atoms with van der Waals surface area (Å²) < 4.78 is 16.2. The first-order chi connectivity index (χ1) is 13.6. The Bertz CT molecular complexity index is 669. The van der Waals surface area contributed by atoms with Gasteiger partial charge in [0.15, 0.2) is 0 Å². The molecule has 0 fully saturated rings. The fourth-order valence-corrected chi connectivity index (χ4v) is 4.01. The summed E-state index contributed by atoms with van der Waals surface area (Å²) in [5, 5.41) is 10.0. The zero-order chi connectivity index (χ0) is 23.3. The molecule has 1 aromatic carbocycles. The van der Waals surface area contributed by atoms with Crippen molar-refractivity contribution in [2.75, 3.05) is 26.4 Å². The van der Waals surface area contributed by atoms with Gasteiger partial charge in [-0.1, -0.05) is 53.7 Å². The Morgan fingerprint density at radius 1 is 0.800 bits per heavy atom. The van der Waals surface area contributed by atoms with Gasteiger partial charge in [-0.2, -0.15) is 0 Å². The van der Waals surface area contributed by atoms with Crippen molar-refractivity contribution in [3.8, 4) is 5.75 Å². The molecule has 0 spiro atoms. The Morgan fingerprint density at radius 3 is 1.67 bits per heavy atom. The van der Waals surface area contributed by atoms with Gasteiger partial charge in [-0.3, -0.25) is 0 Å². The molecular formula is C20H36O8P2. The molecule has 0 bridgehead atoms. The van der Waals surface area contributed by atoms with Crippen LogP contribution in [-0.4, -0.2) is 51.1 Å². The second kappa shape index (κ2) is 11.0. The lowest BCUT2D eigenvalue weighted by Crippen LogP contribution is -2.41. The molecule has 0 unspecified atom stereocenters. The summed E-state index contributed by atoms with van der Waals surface area (Å²) in [6.07, 6.45) is 0. The summed E-state index contributed by atoms with van der Waals surface area (Å²) in [7, 11) is -5.32. The first kappa shape index (κ1) is 27.6. The number of hydrogen-bond acceptors (Lipinski definition) is 8. The van der Waals surface area contributed by atoms with E-state index in [0.29, 0.717) is 5.75 Å². The van der Waals surface area contributed by atoms with E-state index >= 15 is 0 Å². The minimum Gasteiger partial charge on any atom is -0.492 e. The van der Waals surface area contributed by atoms with Gasteiger partial charge in [0.05, 0.1) is 25.2 Å². The van der Waals surface area contributed by atoms with Crippen LogP contribution in [-0.2, 0) is 19.9 Å². The third kappa shape index (κ3) is 7.94. The molecule has 0 saturated heterocycles. The van der Waals surface area contributed by atoms with Crippen LogP contribution in [0.2, 0.25) is 0 Å². The monoisotopic (exact) mass is 466 g/mol. The lowest BCUT2D eigenvalue weighted by Gasteiger charge is -2.35. The normalized spacial score (nSPS) is 13.4. The fraction of sp³-hybridized carbons (Fsp3) is 0.700. The summed E-state index contributed by atoms with van der Waals surface area (Å²) >= 11 is 0. The summed E-state index contributed by atoms with van der Waals surface area (Å²) in [5.74, 6) is 0.693. The van der Waals surface area contributed by atoms with Crippen LogP contribution in [0.15, 0.2) is 12.1 Å². The molecule has 0 aliphatic rings. The Kier molecular flexibility index (Phi) is 10.1. The van der Waals surface area contributed by atoms with E-state index in [4.69, 9.17) is 33.4 Å². The minimum atomic E-state index is -2.66. The number of aliphatic hydroxyl groups excluding tert-OH is 1. The van der Waals surface area contributed by atoms with Crippen LogP contribution in [0.5, 0.6) is 5.75 Å². The minimum absolute atomic E-state index is 0.0918. The Hall–Kier alpha value is -0.400. The number of hydrogen-bond donors (Lipinski definition) is 5. The molecule has 0 amide bonds. The van der Waals surface area contributed by atoms with Crippen LogP contribution in [0.4, 0.5) is 0 Å². The van der Waals surface area contributed by atoms with Crippen molar-refractivity contribution in [1.29, 1.82) is 0 Å². The van der Waals surface area contributed by atoms with E-state index in [0.717, 1.165) is 16.7 Å². The van der Waals surface area contributed by atoms with Crippen LogP contribution >= 0.6 is 17.2 Å². The van der Waals surface area contributed by atoms with Crippen LogP contribution < -0.4 is 4.74 Å². The molecule has 1 aromatic rings. The third-order valence-corrected chi connectivity index (χ3v) is 5.47. The van der Waals surface area contributed by atoms with Crippen molar-refractivity contribution in [2.24, 2.45) is 5.41 Å². The molecule has 174 valence electrons. The fourth-order valence-electron chi connectivity index (χ4n) is 3.23. The predicted octanol–water partition coefficient (Wildman–Crippen LogP) is 3.40. The molecule has 30 heavy (non-hydrogen) atoms. The Labute approximate surface area is 181 Å². The van der Waals surface area contributed by atoms with Gasteiger partial charge >= 0.3 is 17.2 Å². The van der Waals surface area contributed by atoms with E-state index in [1.54, 1.807) is 0 Å². The van der Waals surface area contributed by atoms with Gasteiger partial charge in [-0.05, 0) is 28.9 Å². The van der Waals surface area contributed by atoms with Crippen LogP contribution in [0.3, 0.4) is 0 Å². The number of aryl methyl sites for hydroxylation is 1. The Morgan fingerprint density at radius 2 is 1.30 bits per heavy atom. The lowest BCUT2D eigenvalue weighted by molar-refractivity contribution is -0.0169. The maximum Gasteiger partial charge on any atom is 0.327 e. The van der Waals surface area contributed by atoms with E-state index in [1.165, 1.54) is 0 Å². The Balaban J connectivity index is 3.40. The molecular weight excluding hydrogens is 430 g/mol. The number of benzene rings is 1. The number of aliphatic hydroxyl groups is 1. The van der Waals surface area contributed by atoms with Crippen molar-refractivity contribution in [3.63, 3.8) is 0 Å². The topological polar surface area (TPSA) is 129 Å². The lowest BCUT2D eigenvalue weighted by atomic mass is 9.77. The van der Waals surface area contributed by atoms with Crippen molar-refractivity contribution < 1.29 is 38.5 Å². The van der Waals surface area contributed by atoms with E-state index < -0.39 is 29.2 Å². The molecule has 0 heterocycles. The second-order valence-electron chi connectivity index (χ2n) is 9.63. The smallest absolute Gasteiger partial charge is 0.327 e. The molecule has 0 aliphatic carbocycles.